The average molecular weight is 388 g/mol. The van der Waals surface area contributed by atoms with Gasteiger partial charge in [0.05, 0.1) is 0 Å². The SMILES string of the molecule is Cc1cccc(NC(=O)Cn2nc(C(=O)N3CCc4ccccc43)ccc2=O)c1. The van der Waals surface area contributed by atoms with Crippen LogP contribution in [0.5, 0.6) is 0 Å². The van der Waals surface area contributed by atoms with Gasteiger partial charge in [-0.25, -0.2) is 4.68 Å². The van der Waals surface area contributed by atoms with Crippen LogP contribution in [0, 0.1) is 6.92 Å². The molecule has 0 fully saturated rings. The summed E-state index contributed by atoms with van der Waals surface area (Å²) in [7, 11) is 0. The standard InChI is InChI=1S/C22H20N4O3/c1-15-5-4-7-17(13-15)23-20(27)14-26-21(28)10-9-18(24-26)22(29)25-12-11-16-6-2-3-8-19(16)25/h2-10,13H,11-12,14H2,1H3,(H,23,27). The van der Waals surface area contributed by atoms with Crippen molar-refractivity contribution in [1.82, 2.24) is 9.78 Å². The van der Waals surface area contributed by atoms with Gasteiger partial charge < -0.3 is 10.2 Å². The first-order valence-corrected chi connectivity index (χ1v) is 9.36. The maximum Gasteiger partial charge on any atom is 0.278 e. The number of carbonyl (C=O) groups is 2. The summed E-state index contributed by atoms with van der Waals surface area (Å²) in [5.74, 6) is -0.677. The van der Waals surface area contributed by atoms with Gasteiger partial charge in [-0.3, -0.25) is 14.4 Å². The van der Waals surface area contributed by atoms with Crippen LogP contribution in [0.2, 0.25) is 0 Å². The number of benzene rings is 2. The summed E-state index contributed by atoms with van der Waals surface area (Å²) in [4.78, 5) is 39.1. The highest BCUT2D eigenvalue weighted by atomic mass is 16.2. The molecule has 1 aliphatic rings. The van der Waals surface area contributed by atoms with Crippen molar-refractivity contribution in [2.45, 2.75) is 19.9 Å². The van der Waals surface area contributed by atoms with Crippen molar-refractivity contribution >= 4 is 23.2 Å². The van der Waals surface area contributed by atoms with Crippen LogP contribution in [0.25, 0.3) is 0 Å². The molecule has 2 heterocycles. The molecule has 1 aliphatic heterocycles. The number of nitrogens with zero attached hydrogens (tertiary/aromatic N) is 3. The van der Waals surface area contributed by atoms with Crippen LogP contribution in [0.3, 0.4) is 0 Å². The lowest BCUT2D eigenvalue weighted by molar-refractivity contribution is -0.117. The molecule has 7 nitrogen and oxygen atoms in total. The van der Waals surface area contributed by atoms with Crippen molar-refractivity contribution in [3.63, 3.8) is 0 Å². The van der Waals surface area contributed by atoms with E-state index >= 15 is 0 Å². The van der Waals surface area contributed by atoms with E-state index < -0.39 is 5.56 Å². The fraction of sp³-hybridized carbons (Fsp3) is 0.182. The van der Waals surface area contributed by atoms with Gasteiger partial charge in [-0.2, -0.15) is 5.10 Å². The highest BCUT2D eigenvalue weighted by Gasteiger charge is 2.26. The molecule has 146 valence electrons. The lowest BCUT2D eigenvalue weighted by Gasteiger charge is -2.17. The zero-order valence-electron chi connectivity index (χ0n) is 16.0. The monoisotopic (exact) mass is 388 g/mol. The number of aromatic nitrogens is 2. The predicted molar refractivity (Wildman–Crippen MR) is 110 cm³/mol. The number of aryl methyl sites for hydroxylation is 1. The van der Waals surface area contributed by atoms with E-state index in [1.54, 1.807) is 11.0 Å². The molecule has 0 saturated carbocycles. The second-order valence-corrected chi connectivity index (χ2v) is 6.97. The number of amides is 2. The Morgan fingerprint density at radius 1 is 1.07 bits per heavy atom. The molecular formula is C22H20N4O3. The minimum atomic E-state index is -0.442. The third-order valence-electron chi connectivity index (χ3n) is 4.81. The molecule has 4 rings (SSSR count). The second-order valence-electron chi connectivity index (χ2n) is 6.97. The Labute approximate surface area is 167 Å². The van der Waals surface area contributed by atoms with Gasteiger partial charge in [-0.05, 0) is 48.7 Å². The number of hydrogen-bond acceptors (Lipinski definition) is 4. The Hall–Kier alpha value is -3.74. The van der Waals surface area contributed by atoms with Gasteiger partial charge in [0.1, 0.15) is 12.2 Å². The van der Waals surface area contributed by atoms with Crippen LogP contribution in [-0.4, -0.2) is 28.1 Å². The zero-order chi connectivity index (χ0) is 20.4. The van der Waals surface area contributed by atoms with Gasteiger partial charge in [-0.1, -0.05) is 30.3 Å². The molecule has 0 aliphatic carbocycles. The number of anilines is 2. The van der Waals surface area contributed by atoms with Crippen molar-refractivity contribution < 1.29 is 9.59 Å². The summed E-state index contributed by atoms with van der Waals surface area (Å²) in [6, 6.07) is 17.7. The summed E-state index contributed by atoms with van der Waals surface area (Å²) in [5, 5.41) is 6.88. The molecule has 29 heavy (non-hydrogen) atoms. The number of rotatable bonds is 4. The molecule has 2 amide bonds. The minimum Gasteiger partial charge on any atom is -0.324 e. The summed E-state index contributed by atoms with van der Waals surface area (Å²) >= 11 is 0. The number of nitrogens with one attached hydrogen (secondary N) is 1. The summed E-state index contributed by atoms with van der Waals surface area (Å²) in [6.07, 6.45) is 0.778. The van der Waals surface area contributed by atoms with Crippen molar-refractivity contribution in [1.29, 1.82) is 0 Å². The maximum absolute atomic E-state index is 12.9. The van der Waals surface area contributed by atoms with Crippen LogP contribution in [-0.2, 0) is 17.8 Å². The topological polar surface area (TPSA) is 84.3 Å². The molecule has 3 aromatic rings. The molecule has 2 aromatic carbocycles. The Bertz CT molecular complexity index is 1150. The zero-order valence-corrected chi connectivity index (χ0v) is 16.0. The molecule has 0 atom stereocenters. The first-order valence-electron chi connectivity index (χ1n) is 9.36. The molecule has 1 N–H and O–H groups in total. The van der Waals surface area contributed by atoms with Crippen molar-refractivity contribution in [2.24, 2.45) is 0 Å². The minimum absolute atomic E-state index is 0.129. The molecule has 0 radical (unpaired) electrons. The van der Waals surface area contributed by atoms with E-state index in [-0.39, 0.29) is 24.1 Å². The van der Waals surface area contributed by atoms with E-state index in [0.717, 1.165) is 27.9 Å². The van der Waals surface area contributed by atoms with E-state index in [9.17, 15) is 14.4 Å². The van der Waals surface area contributed by atoms with Gasteiger partial charge in [0, 0.05) is 24.0 Å². The molecule has 7 heteroatoms. The van der Waals surface area contributed by atoms with E-state index in [1.807, 2.05) is 49.4 Å². The van der Waals surface area contributed by atoms with Gasteiger partial charge >= 0.3 is 0 Å². The Kier molecular flexibility index (Phi) is 4.95. The lowest BCUT2D eigenvalue weighted by Crippen LogP contribution is -2.34. The molecule has 1 aromatic heterocycles. The first-order chi connectivity index (χ1) is 14.0. The van der Waals surface area contributed by atoms with E-state index in [1.165, 1.54) is 12.1 Å². The van der Waals surface area contributed by atoms with Crippen molar-refractivity contribution in [2.75, 3.05) is 16.8 Å². The number of fused-ring (bicyclic) bond motifs is 1. The summed E-state index contributed by atoms with van der Waals surface area (Å²) in [6.45, 7) is 2.21. The summed E-state index contributed by atoms with van der Waals surface area (Å²) < 4.78 is 1.01. The normalized spacial score (nSPS) is 12.5. The van der Waals surface area contributed by atoms with E-state index in [0.29, 0.717) is 12.2 Å². The largest absolute Gasteiger partial charge is 0.324 e. The third kappa shape index (κ3) is 3.94. The molecule has 0 unspecified atom stereocenters. The highest BCUT2D eigenvalue weighted by Crippen LogP contribution is 2.28. The predicted octanol–water partition coefficient (Wildman–Crippen LogP) is 2.39. The first kappa shape index (κ1) is 18.6. The number of carbonyl (C=O) groups excluding carboxylic acids is 2. The molecule has 0 bridgehead atoms. The van der Waals surface area contributed by atoms with Gasteiger partial charge in [0.25, 0.3) is 11.5 Å². The van der Waals surface area contributed by atoms with Crippen LogP contribution in [0.4, 0.5) is 11.4 Å². The van der Waals surface area contributed by atoms with Crippen molar-refractivity contribution in [3.8, 4) is 0 Å². The molecule has 0 saturated heterocycles. The van der Waals surface area contributed by atoms with Crippen molar-refractivity contribution in [3.05, 3.63) is 87.8 Å². The van der Waals surface area contributed by atoms with Crippen LogP contribution < -0.4 is 15.8 Å². The van der Waals surface area contributed by atoms with Crippen LogP contribution in [0.15, 0.2) is 65.5 Å². The smallest absolute Gasteiger partial charge is 0.278 e. The molecule has 0 spiro atoms. The lowest BCUT2D eigenvalue weighted by atomic mass is 10.2. The fourth-order valence-corrected chi connectivity index (χ4v) is 3.42. The van der Waals surface area contributed by atoms with Gasteiger partial charge in [-0.15, -0.1) is 0 Å². The van der Waals surface area contributed by atoms with E-state index in [4.69, 9.17) is 0 Å². The highest BCUT2D eigenvalue weighted by molar-refractivity contribution is 6.06. The Morgan fingerprint density at radius 3 is 2.72 bits per heavy atom. The Balaban J connectivity index is 1.53. The third-order valence-corrected chi connectivity index (χ3v) is 4.81. The second kappa shape index (κ2) is 7.71. The van der Waals surface area contributed by atoms with E-state index in [2.05, 4.69) is 10.4 Å². The fourth-order valence-electron chi connectivity index (χ4n) is 3.42. The summed E-state index contributed by atoms with van der Waals surface area (Å²) in [5.41, 5.74) is 3.30. The molecular weight excluding hydrogens is 368 g/mol. The van der Waals surface area contributed by atoms with Crippen LogP contribution >= 0.6 is 0 Å². The number of hydrogen-bond donors (Lipinski definition) is 1. The van der Waals surface area contributed by atoms with Gasteiger partial charge in [0.2, 0.25) is 5.91 Å². The van der Waals surface area contributed by atoms with Crippen LogP contribution in [0.1, 0.15) is 21.6 Å². The van der Waals surface area contributed by atoms with Gasteiger partial charge in [0.15, 0.2) is 0 Å². The average Bonchev–Trinajstić information content (AvgIpc) is 3.13. The Morgan fingerprint density at radius 2 is 1.90 bits per heavy atom. The number of para-hydroxylation sites is 1. The maximum atomic E-state index is 12.9. The quantitative estimate of drug-likeness (QED) is 0.744.